The molecule has 0 radical (unpaired) electrons. The van der Waals surface area contributed by atoms with Gasteiger partial charge in [-0.15, -0.1) is 0 Å². The highest BCUT2D eigenvalue weighted by Crippen LogP contribution is 2.61. The number of fused-ring (bicyclic) bond motifs is 5. The lowest BCUT2D eigenvalue weighted by atomic mass is 9.46. The van der Waals surface area contributed by atoms with E-state index < -0.39 is 106 Å². The molecule has 2 bridgehead atoms. The molecular formula is C44H49NO12. The van der Waals surface area contributed by atoms with Crippen LogP contribution in [0, 0.1) is 28.6 Å². The number of hydrogen-bond acceptors (Lipinski definition) is 12. The third-order valence-corrected chi connectivity index (χ3v) is 13.0. The van der Waals surface area contributed by atoms with Crippen molar-refractivity contribution >= 4 is 29.6 Å². The van der Waals surface area contributed by atoms with Crippen LogP contribution in [0.2, 0.25) is 0 Å². The lowest BCUT2D eigenvalue weighted by Crippen LogP contribution is -2.74. The number of ketones is 1. The van der Waals surface area contributed by atoms with Gasteiger partial charge in [0.2, 0.25) is 0 Å². The first-order chi connectivity index (χ1) is 27.1. The summed E-state index contributed by atoms with van der Waals surface area (Å²) in [4.78, 5) is 69.2. The van der Waals surface area contributed by atoms with E-state index in [1.165, 1.54) is 6.08 Å². The summed E-state index contributed by atoms with van der Waals surface area (Å²) in [5.74, 6) is -5.92. The Bertz CT molecular complexity index is 1990. The molecular weight excluding hydrogens is 734 g/mol. The normalized spacial score (nSPS) is 34.6. The Morgan fingerprint density at radius 2 is 1.60 bits per heavy atom. The van der Waals surface area contributed by atoms with Crippen molar-refractivity contribution in [2.45, 2.75) is 95.2 Å². The van der Waals surface area contributed by atoms with Crippen molar-refractivity contribution in [2.75, 3.05) is 6.61 Å². The maximum absolute atomic E-state index is 15.1. The molecule has 2 aromatic rings. The molecule has 1 aliphatic heterocycles. The quantitative estimate of drug-likeness (QED) is 0.165. The van der Waals surface area contributed by atoms with Crippen molar-refractivity contribution in [3.63, 3.8) is 0 Å². The van der Waals surface area contributed by atoms with Crippen LogP contribution in [-0.2, 0) is 33.3 Å². The molecule has 7 rings (SSSR count). The second-order valence-corrected chi connectivity index (χ2v) is 16.5. The average molecular weight is 784 g/mol. The highest BCUT2D eigenvalue weighted by atomic mass is 16.6. The number of benzene rings is 2. The summed E-state index contributed by atoms with van der Waals surface area (Å²) >= 11 is 0. The molecule has 12 atom stereocenters. The van der Waals surface area contributed by atoms with E-state index in [1.807, 2.05) is 12.2 Å². The number of Topliss-reactive ketones (excluding diaryl/α,β-unsaturated/α-hetero) is 1. The fourth-order valence-electron chi connectivity index (χ4n) is 9.57. The maximum atomic E-state index is 15.1. The lowest BCUT2D eigenvalue weighted by Gasteiger charge is -2.64. The highest BCUT2D eigenvalue weighted by molar-refractivity contribution is 5.96. The van der Waals surface area contributed by atoms with Gasteiger partial charge in [-0.2, -0.15) is 0 Å². The van der Waals surface area contributed by atoms with Crippen LogP contribution in [0.3, 0.4) is 0 Å². The number of esters is 3. The van der Waals surface area contributed by atoms with Crippen LogP contribution in [0.5, 0.6) is 0 Å². The van der Waals surface area contributed by atoms with Crippen molar-refractivity contribution in [1.82, 2.24) is 5.32 Å². The van der Waals surface area contributed by atoms with Gasteiger partial charge >= 0.3 is 17.9 Å². The Morgan fingerprint density at radius 3 is 2.19 bits per heavy atom. The third kappa shape index (κ3) is 7.04. The molecule has 1 amide bonds. The Balaban J connectivity index is 1.30. The second-order valence-electron chi connectivity index (χ2n) is 16.5. The predicted molar refractivity (Wildman–Crippen MR) is 203 cm³/mol. The number of ether oxygens (including phenoxy) is 4. The lowest BCUT2D eigenvalue weighted by molar-refractivity contribution is -0.277. The van der Waals surface area contributed by atoms with Crippen molar-refractivity contribution < 1.29 is 58.2 Å². The molecule has 0 spiro atoms. The summed E-state index contributed by atoms with van der Waals surface area (Å²) < 4.78 is 23.9. The zero-order valence-electron chi connectivity index (χ0n) is 32.3. The van der Waals surface area contributed by atoms with Crippen molar-refractivity contribution in [1.29, 1.82) is 0 Å². The van der Waals surface area contributed by atoms with Crippen LogP contribution in [-0.4, -0.2) is 99.8 Å². The largest absolute Gasteiger partial charge is 0.456 e. The van der Waals surface area contributed by atoms with Crippen LogP contribution in [0.15, 0.2) is 96.6 Å². The number of amides is 1. The van der Waals surface area contributed by atoms with Gasteiger partial charge in [0.15, 0.2) is 18.0 Å². The first kappa shape index (κ1) is 40.3. The molecule has 1 saturated heterocycles. The topological polar surface area (TPSA) is 195 Å². The van der Waals surface area contributed by atoms with Crippen LogP contribution >= 0.6 is 0 Å². The summed E-state index contributed by atoms with van der Waals surface area (Å²) in [5.41, 5.74) is -4.77. The maximum Gasteiger partial charge on any atom is 0.338 e. The average Bonchev–Trinajstić information content (AvgIpc) is 3.19. The van der Waals surface area contributed by atoms with Crippen molar-refractivity contribution in [3.8, 4) is 0 Å². The van der Waals surface area contributed by atoms with Crippen LogP contribution in [0.1, 0.15) is 67.7 Å². The van der Waals surface area contributed by atoms with Gasteiger partial charge in [0.25, 0.3) is 5.91 Å². The summed E-state index contributed by atoms with van der Waals surface area (Å²) in [6.45, 7) is 6.09. The zero-order valence-corrected chi connectivity index (χ0v) is 32.3. The first-order valence-corrected chi connectivity index (χ1v) is 19.4. The van der Waals surface area contributed by atoms with Gasteiger partial charge in [-0.05, 0) is 49.3 Å². The Labute approximate surface area is 330 Å². The van der Waals surface area contributed by atoms with Gasteiger partial charge in [0, 0.05) is 48.5 Å². The molecule has 13 heteroatoms. The molecule has 57 heavy (non-hydrogen) atoms. The summed E-state index contributed by atoms with van der Waals surface area (Å²) in [6, 6.07) is 15.3. The van der Waals surface area contributed by atoms with E-state index in [4.69, 9.17) is 18.9 Å². The van der Waals surface area contributed by atoms with Gasteiger partial charge in [-0.3, -0.25) is 14.4 Å². The molecule has 4 aliphatic carbocycles. The van der Waals surface area contributed by atoms with E-state index in [0.717, 1.165) is 6.92 Å². The van der Waals surface area contributed by atoms with E-state index in [9.17, 15) is 34.5 Å². The molecule has 302 valence electrons. The Hall–Kier alpha value is -4.95. The number of carbonyl (C=O) groups excluding carboxylic acids is 5. The Kier molecular flexibility index (Phi) is 10.9. The van der Waals surface area contributed by atoms with Crippen LogP contribution < -0.4 is 5.32 Å². The summed E-state index contributed by atoms with van der Waals surface area (Å²) in [5, 5.41) is 39.6. The van der Waals surface area contributed by atoms with E-state index in [0.29, 0.717) is 12.0 Å². The smallest absolute Gasteiger partial charge is 0.338 e. The third-order valence-electron chi connectivity index (χ3n) is 13.0. The van der Waals surface area contributed by atoms with Gasteiger partial charge in [-0.25, -0.2) is 9.59 Å². The molecule has 0 aromatic heterocycles. The number of carbonyl (C=O) groups is 5. The summed E-state index contributed by atoms with van der Waals surface area (Å²) in [7, 11) is 0. The molecule has 5 aliphatic rings. The number of rotatable bonds is 9. The molecule has 3 fully saturated rings. The Morgan fingerprint density at radius 1 is 0.930 bits per heavy atom. The van der Waals surface area contributed by atoms with E-state index >= 15 is 4.79 Å². The van der Waals surface area contributed by atoms with Gasteiger partial charge < -0.3 is 39.6 Å². The summed E-state index contributed by atoms with van der Waals surface area (Å²) in [6.07, 6.45) is 0.466. The number of allylic oxidation sites excluding steroid dienone is 3. The monoisotopic (exact) mass is 783 g/mol. The highest BCUT2D eigenvalue weighted by Gasteiger charge is 2.72. The molecule has 2 unspecified atom stereocenters. The number of hydrogen-bond donors (Lipinski definition) is 4. The van der Waals surface area contributed by atoms with Gasteiger partial charge in [0.05, 0.1) is 35.8 Å². The van der Waals surface area contributed by atoms with E-state index in [2.05, 4.69) is 5.32 Å². The molecule has 2 saturated carbocycles. The van der Waals surface area contributed by atoms with E-state index in [1.54, 1.807) is 93.6 Å². The molecule has 4 N–H and O–H groups in total. The van der Waals surface area contributed by atoms with E-state index in [-0.39, 0.29) is 30.6 Å². The first-order valence-electron chi connectivity index (χ1n) is 19.4. The van der Waals surface area contributed by atoms with Crippen LogP contribution in [0.4, 0.5) is 0 Å². The SMILES string of the molecule is CC(=O)O[C@H]1C(=O)[C@@]2(C)C([C@@H]3CO[C@@H]3C[C@@H]2O)[C@H](OC(=O)c2ccccc2)[C@]2(O)C[C@H](OC(=O)[C@H](O)[C@@H](NC(=O)c3ccccc3)C3C=CC=CC3)C=C1C2(C)C. The fourth-order valence-corrected chi connectivity index (χ4v) is 9.57. The zero-order chi connectivity index (χ0) is 40.9. The number of nitrogens with one attached hydrogen (secondary N) is 1. The molecule has 1 heterocycles. The second kappa shape index (κ2) is 15.4. The minimum absolute atomic E-state index is 0.0673. The number of aliphatic hydroxyl groups excluding tert-OH is 2. The minimum Gasteiger partial charge on any atom is -0.456 e. The van der Waals surface area contributed by atoms with Crippen molar-refractivity contribution in [3.05, 3.63) is 108 Å². The predicted octanol–water partition coefficient (Wildman–Crippen LogP) is 3.42. The van der Waals surface area contributed by atoms with Crippen molar-refractivity contribution in [2.24, 2.45) is 28.6 Å². The molecule has 13 nitrogen and oxygen atoms in total. The standard InChI is InChI=1S/C44H49NO12/c1-24(46)55-36-30-20-28(56-41(52)35(48)34(25-14-8-5-9-15-25)45-39(50)26-16-10-6-11-17-26)22-44(53,42(30,2)3)38(57-40(51)27-18-12-7-13-19-27)33-29-23-54-31(29)21-32(47)43(33,4)37(36)49/h5-14,16-20,25,28-29,31-36,38,47-48,53H,15,21-23H2,1-4H3,(H,45,50)/t25?,28-,29-,31-,32+,33?,34+,35-,36-,38+,43-,44-/m1/s1. The van der Waals surface area contributed by atoms with Gasteiger partial charge in [-0.1, -0.05) is 74.5 Å². The molecule has 2 aromatic carbocycles. The minimum atomic E-state index is -2.14. The fraction of sp³-hybridized carbons (Fsp3) is 0.477. The number of aliphatic hydroxyl groups is 3. The van der Waals surface area contributed by atoms with Crippen LogP contribution in [0.25, 0.3) is 0 Å². The van der Waals surface area contributed by atoms with Gasteiger partial charge in [0.1, 0.15) is 17.8 Å².